The quantitative estimate of drug-likeness (QED) is 0.758. The van der Waals surface area contributed by atoms with Gasteiger partial charge in [0, 0.05) is 38.6 Å². The van der Waals surface area contributed by atoms with Gasteiger partial charge in [-0.15, -0.1) is 0 Å². The lowest BCUT2D eigenvalue weighted by Gasteiger charge is -2.33. The van der Waals surface area contributed by atoms with Crippen LogP contribution in [-0.2, 0) is 4.79 Å². The summed E-state index contributed by atoms with van der Waals surface area (Å²) in [5, 5.41) is 9.20. The predicted molar refractivity (Wildman–Crippen MR) is 66.7 cm³/mol. The predicted octanol–water partition coefficient (Wildman–Crippen LogP) is 0.463. The summed E-state index contributed by atoms with van der Waals surface area (Å²) >= 11 is 0. The van der Waals surface area contributed by atoms with Gasteiger partial charge in [0.1, 0.15) is 0 Å². The number of pyridine rings is 1. The summed E-state index contributed by atoms with van der Waals surface area (Å²) in [5.41, 5.74) is 0.719. The Bertz CT molecular complexity index is 446. The first-order valence-electron chi connectivity index (χ1n) is 5.99. The van der Waals surface area contributed by atoms with E-state index in [-0.39, 0.29) is 5.91 Å². The Morgan fingerprint density at radius 1 is 1.33 bits per heavy atom. The van der Waals surface area contributed by atoms with Gasteiger partial charge in [0.25, 0.3) is 0 Å². The standard InChI is InChI=1S/C13H16N4O/c1-16-6-8-17(9-7-16)13(18)12(10-14)11-2-4-15-5-3-11/h2-5,12H,6-9H2,1H3. The minimum atomic E-state index is -0.712. The molecule has 1 aromatic heterocycles. The first kappa shape index (κ1) is 12.5. The number of hydrogen-bond donors (Lipinski definition) is 0. The topological polar surface area (TPSA) is 60.2 Å². The molecule has 5 heteroatoms. The van der Waals surface area contributed by atoms with Gasteiger partial charge in [-0.2, -0.15) is 5.26 Å². The average molecular weight is 244 g/mol. The van der Waals surface area contributed by atoms with Crippen LogP contribution in [0, 0.1) is 11.3 Å². The zero-order chi connectivity index (χ0) is 13.0. The molecule has 18 heavy (non-hydrogen) atoms. The van der Waals surface area contributed by atoms with E-state index in [0.717, 1.165) is 18.7 Å². The van der Waals surface area contributed by atoms with Crippen molar-refractivity contribution < 1.29 is 4.79 Å². The molecule has 1 aliphatic rings. The molecular weight excluding hydrogens is 228 g/mol. The van der Waals surface area contributed by atoms with Crippen LogP contribution in [0.2, 0.25) is 0 Å². The van der Waals surface area contributed by atoms with E-state index in [0.29, 0.717) is 13.1 Å². The third kappa shape index (κ3) is 2.66. The first-order valence-corrected chi connectivity index (χ1v) is 5.99. The zero-order valence-corrected chi connectivity index (χ0v) is 10.4. The lowest BCUT2D eigenvalue weighted by molar-refractivity contribution is -0.133. The van der Waals surface area contributed by atoms with Crippen LogP contribution in [0.15, 0.2) is 24.5 Å². The summed E-state index contributed by atoms with van der Waals surface area (Å²) in [5.74, 6) is -0.812. The number of rotatable bonds is 2. The Balaban J connectivity index is 2.10. The Kier molecular flexibility index (Phi) is 3.90. The van der Waals surface area contributed by atoms with Crippen LogP contribution in [0.1, 0.15) is 11.5 Å². The molecule has 2 heterocycles. The smallest absolute Gasteiger partial charge is 0.244 e. The fourth-order valence-corrected chi connectivity index (χ4v) is 2.04. The Morgan fingerprint density at radius 3 is 2.50 bits per heavy atom. The van der Waals surface area contributed by atoms with Gasteiger partial charge >= 0.3 is 0 Å². The zero-order valence-electron chi connectivity index (χ0n) is 10.4. The molecule has 0 N–H and O–H groups in total. The normalized spacial score (nSPS) is 18.1. The summed E-state index contributed by atoms with van der Waals surface area (Å²) in [6, 6.07) is 5.54. The van der Waals surface area contributed by atoms with E-state index in [1.54, 1.807) is 29.4 Å². The van der Waals surface area contributed by atoms with Crippen LogP contribution in [0.4, 0.5) is 0 Å². The molecule has 1 aliphatic heterocycles. The molecule has 0 saturated carbocycles. The van der Waals surface area contributed by atoms with Crippen molar-refractivity contribution in [2.24, 2.45) is 0 Å². The van der Waals surface area contributed by atoms with E-state index in [1.165, 1.54) is 0 Å². The van der Waals surface area contributed by atoms with Gasteiger partial charge in [0.15, 0.2) is 5.92 Å². The van der Waals surface area contributed by atoms with Crippen molar-refractivity contribution >= 4 is 5.91 Å². The van der Waals surface area contributed by atoms with Crippen molar-refractivity contribution in [2.45, 2.75) is 5.92 Å². The number of carbonyl (C=O) groups is 1. The van der Waals surface area contributed by atoms with Gasteiger partial charge in [-0.25, -0.2) is 0 Å². The van der Waals surface area contributed by atoms with Crippen molar-refractivity contribution in [3.8, 4) is 6.07 Å². The van der Waals surface area contributed by atoms with E-state index in [1.807, 2.05) is 7.05 Å². The van der Waals surface area contributed by atoms with Crippen molar-refractivity contribution in [2.75, 3.05) is 33.2 Å². The molecular formula is C13H16N4O. The van der Waals surface area contributed by atoms with Gasteiger partial charge < -0.3 is 9.80 Å². The second-order valence-electron chi connectivity index (χ2n) is 4.47. The summed E-state index contributed by atoms with van der Waals surface area (Å²) in [6.45, 7) is 3.11. The molecule has 1 atom stereocenters. The molecule has 2 rings (SSSR count). The highest BCUT2D eigenvalue weighted by atomic mass is 16.2. The summed E-state index contributed by atoms with van der Waals surface area (Å²) in [6.07, 6.45) is 3.22. The molecule has 1 unspecified atom stereocenters. The molecule has 0 aromatic carbocycles. The molecule has 1 fully saturated rings. The maximum atomic E-state index is 12.3. The monoisotopic (exact) mass is 244 g/mol. The minimum absolute atomic E-state index is 0.100. The molecule has 5 nitrogen and oxygen atoms in total. The average Bonchev–Trinajstić information content (AvgIpc) is 2.41. The van der Waals surface area contributed by atoms with Gasteiger partial charge in [-0.05, 0) is 24.7 Å². The summed E-state index contributed by atoms with van der Waals surface area (Å²) in [4.78, 5) is 20.2. The van der Waals surface area contributed by atoms with Crippen LogP contribution in [0.25, 0.3) is 0 Å². The highest BCUT2D eigenvalue weighted by molar-refractivity contribution is 5.86. The van der Waals surface area contributed by atoms with Gasteiger partial charge in [0.05, 0.1) is 6.07 Å². The number of nitriles is 1. The summed E-state index contributed by atoms with van der Waals surface area (Å²) < 4.78 is 0. The lowest BCUT2D eigenvalue weighted by Crippen LogP contribution is -2.48. The van der Waals surface area contributed by atoms with Gasteiger partial charge in [0.2, 0.25) is 5.91 Å². The van der Waals surface area contributed by atoms with E-state index < -0.39 is 5.92 Å². The largest absolute Gasteiger partial charge is 0.339 e. The van der Waals surface area contributed by atoms with Crippen LogP contribution in [-0.4, -0.2) is 53.9 Å². The van der Waals surface area contributed by atoms with Crippen molar-refractivity contribution in [1.29, 1.82) is 5.26 Å². The molecule has 94 valence electrons. The van der Waals surface area contributed by atoms with Crippen LogP contribution in [0.3, 0.4) is 0 Å². The van der Waals surface area contributed by atoms with Crippen molar-refractivity contribution in [1.82, 2.24) is 14.8 Å². The SMILES string of the molecule is CN1CCN(C(=O)C(C#N)c2ccncc2)CC1. The number of hydrogen-bond acceptors (Lipinski definition) is 4. The highest BCUT2D eigenvalue weighted by Gasteiger charge is 2.27. The van der Waals surface area contributed by atoms with Crippen molar-refractivity contribution in [3.63, 3.8) is 0 Å². The van der Waals surface area contributed by atoms with E-state index in [2.05, 4.69) is 16.0 Å². The number of piperazine rings is 1. The second kappa shape index (κ2) is 5.61. The maximum absolute atomic E-state index is 12.3. The Labute approximate surface area is 107 Å². The minimum Gasteiger partial charge on any atom is -0.339 e. The van der Waals surface area contributed by atoms with Crippen LogP contribution < -0.4 is 0 Å². The fraction of sp³-hybridized carbons (Fsp3) is 0.462. The third-order valence-electron chi connectivity index (χ3n) is 3.23. The van der Waals surface area contributed by atoms with E-state index in [4.69, 9.17) is 0 Å². The Hall–Kier alpha value is -1.93. The Morgan fingerprint density at radius 2 is 1.94 bits per heavy atom. The number of nitrogens with zero attached hydrogens (tertiary/aromatic N) is 4. The van der Waals surface area contributed by atoms with E-state index >= 15 is 0 Å². The third-order valence-corrected chi connectivity index (χ3v) is 3.23. The van der Waals surface area contributed by atoms with Gasteiger partial charge in [-0.1, -0.05) is 0 Å². The van der Waals surface area contributed by atoms with E-state index in [9.17, 15) is 10.1 Å². The fourth-order valence-electron chi connectivity index (χ4n) is 2.04. The number of carbonyl (C=O) groups excluding carboxylic acids is 1. The molecule has 0 bridgehead atoms. The number of amides is 1. The molecule has 0 spiro atoms. The molecule has 0 aliphatic carbocycles. The molecule has 1 saturated heterocycles. The first-order chi connectivity index (χ1) is 8.72. The second-order valence-corrected chi connectivity index (χ2v) is 4.47. The van der Waals surface area contributed by atoms with Gasteiger partial charge in [-0.3, -0.25) is 9.78 Å². The maximum Gasteiger partial charge on any atom is 0.244 e. The number of likely N-dealkylation sites (N-methyl/N-ethyl adjacent to an activating group) is 1. The molecule has 1 aromatic rings. The van der Waals surface area contributed by atoms with Crippen molar-refractivity contribution in [3.05, 3.63) is 30.1 Å². The molecule has 1 amide bonds. The number of aromatic nitrogens is 1. The highest BCUT2D eigenvalue weighted by Crippen LogP contribution is 2.17. The van der Waals surface area contributed by atoms with Crippen LogP contribution >= 0.6 is 0 Å². The van der Waals surface area contributed by atoms with Crippen LogP contribution in [0.5, 0.6) is 0 Å². The molecule has 0 radical (unpaired) electrons. The summed E-state index contributed by atoms with van der Waals surface area (Å²) in [7, 11) is 2.03. The lowest BCUT2D eigenvalue weighted by atomic mass is 10.00.